The van der Waals surface area contributed by atoms with E-state index in [0.717, 1.165) is 11.4 Å². The van der Waals surface area contributed by atoms with Crippen molar-refractivity contribution in [3.63, 3.8) is 0 Å². The van der Waals surface area contributed by atoms with Crippen LogP contribution in [0, 0.1) is 25.2 Å². The number of nitrogens with one attached hydrogen (secondary N) is 1. The van der Waals surface area contributed by atoms with Gasteiger partial charge in [-0.1, -0.05) is 0 Å². The first-order valence-corrected chi connectivity index (χ1v) is 4.77. The summed E-state index contributed by atoms with van der Waals surface area (Å²) in [5.74, 6) is 0.595. The average Bonchev–Trinajstić information content (AvgIpc) is 2.64. The molecule has 0 spiro atoms. The second-order valence-electron chi connectivity index (χ2n) is 3.55. The van der Waals surface area contributed by atoms with Gasteiger partial charge in [-0.3, -0.25) is 9.89 Å². The molecule has 5 nitrogen and oxygen atoms in total. The van der Waals surface area contributed by atoms with E-state index in [4.69, 9.17) is 5.26 Å². The van der Waals surface area contributed by atoms with E-state index in [1.807, 2.05) is 13.8 Å². The van der Waals surface area contributed by atoms with E-state index in [1.165, 1.54) is 18.3 Å². The molecule has 0 atom stereocenters. The maximum Gasteiger partial charge on any atom is 0.182 e. The molecular weight excluding hydrogens is 204 g/mol. The Kier molecular flexibility index (Phi) is 2.33. The van der Waals surface area contributed by atoms with E-state index < -0.39 is 0 Å². The smallest absolute Gasteiger partial charge is 0.182 e. The van der Waals surface area contributed by atoms with Crippen molar-refractivity contribution in [2.45, 2.75) is 13.8 Å². The van der Waals surface area contributed by atoms with Crippen LogP contribution in [0.1, 0.15) is 17.0 Å². The van der Waals surface area contributed by atoms with Gasteiger partial charge in [-0.05, 0) is 13.8 Å². The Morgan fingerprint density at radius 1 is 1.38 bits per heavy atom. The maximum absolute atomic E-state index is 11.3. The number of aromatic amines is 1. The molecule has 2 heterocycles. The first-order valence-electron chi connectivity index (χ1n) is 4.77. The summed E-state index contributed by atoms with van der Waals surface area (Å²) in [5, 5.41) is 15.5. The third kappa shape index (κ3) is 1.50. The molecule has 0 radical (unpaired) electrons. The van der Waals surface area contributed by atoms with Crippen molar-refractivity contribution in [1.82, 2.24) is 14.8 Å². The number of nitrogens with zero attached hydrogens (tertiary/aromatic N) is 3. The van der Waals surface area contributed by atoms with Crippen LogP contribution in [0.3, 0.4) is 0 Å². The van der Waals surface area contributed by atoms with Crippen LogP contribution in [0.2, 0.25) is 0 Å². The van der Waals surface area contributed by atoms with E-state index >= 15 is 0 Å². The molecule has 0 amide bonds. The summed E-state index contributed by atoms with van der Waals surface area (Å²) in [5.41, 5.74) is 1.95. The largest absolute Gasteiger partial charge is 0.302 e. The van der Waals surface area contributed by atoms with Crippen LogP contribution in [0.15, 0.2) is 23.1 Å². The van der Waals surface area contributed by atoms with E-state index in [2.05, 4.69) is 16.3 Å². The molecule has 5 heteroatoms. The number of hydrogen-bond acceptors (Lipinski definition) is 3. The monoisotopic (exact) mass is 214 g/mol. The van der Waals surface area contributed by atoms with Crippen molar-refractivity contribution in [1.29, 1.82) is 5.26 Å². The van der Waals surface area contributed by atoms with E-state index in [0.29, 0.717) is 11.4 Å². The van der Waals surface area contributed by atoms with Gasteiger partial charge in [-0.2, -0.15) is 10.4 Å². The first-order chi connectivity index (χ1) is 7.63. The molecule has 0 bridgehead atoms. The van der Waals surface area contributed by atoms with Crippen molar-refractivity contribution in [3.05, 3.63) is 45.5 Å². The second kappa shape index (κ2) is 3.66. The molecule has 0 saturated carbocycles. The molecule has 2 rings (SSSR count). The lowest BCUT2D eigenvalue weighted by atomic mass is 10.2. The van der Waals surface area contributed by atoms with Crippen molar-refractivity contribution in [3.8, 4) is 11.9 Å². The van der Waals surface area contributed by atoms with Crippen molar-refractivity contribution >= 4 is 0 Å². The van der Waals surface area contributed by atoms with Crippen LogP contribution in [0.5, 0.6) is 0 Å². The molecule has 16 heavy (non-hydrogen) atoms. The third-order valence-corrected chi connectivity index (χ3v) is 2.37. The Morgan fingerprint density at radius 2 is 2.00 bits per heavy atom. The van der Waals surface area contributed by atoms with Crippen molar-refractivity contribution in [2.75, 3.05) is 0 Å². The summed E-state index contributed by atoms with van der Waals surface area (Å²) in [4.78, 5) is 11.3. The topological polar surface area (TPSA) is 74.5 Å². The fraction of sp³-hybridized carbons (Fsp3) is 0.182. The van der Waals surface area contributed by atoms with Crippen LogP contribution in [-0.4, -0.2) is 14.8 Å². The molecule has 2 aromatic heterocycles. The van der Waals surface area contributed by atoms with Gasteiger partial charge < -0.3 is 4.57 Å². The summed E-state index contributed by atoms with van der Waals surface area (Å²) in [6.45, 7) is 3.63. The third-order valence-electron chi connectivity index (χ3n) is 2.37. The summed E-state index contributed by atoms with van der Waals surface area (Å²) in [6.07, 6.45) is 1.46. The minimum Gasteiger partial charge on any atom is -0.302 e. The molecule has 0 unspecified atom stereocenters. The number of hydrogen-bond donors (Lipinski definition) is 1. The zero-order valence-electron chi connectivity index (χ0n) is 8.98. The van der Waals surface area contributed by atoms with Crippen LogP contribution in [0.25, 0.3) is 5.82 Å². The molecule has 0 fully saturated rings. The van der Waals surface area contributed by atoms with Gasteiger partial charge in [0, 0.05) is 23.5 Å². The zero-order chi connectivity index (χ0) is 11.7. The first kappa shape index (κ1) is 10.2. The fourth-order valence-electron chi connectivity index (χ4n) is 1.75. The molecule has 0 saturated heterocycles. The Bertz CT molecular complexity index is 604. The number of pyridine rings is 1. The molecule has 0 aliphatic carbocycles. The van der Waals surface area contributed by atoms with E-state index in [-0.39, 0.29) is 5.43 Å². The summed E-state index contributed by atoms with van der Waals surface area (Å²) < 4.78 is 1.80. The summed E-state index contributed by atoms with van der Waals surface area (Å²) >= 11 is 0. The summed E-state index contributed by atoms with van der Waals surface area (Å²) in [7, 11) is 0. The lowest BCUT2D eigenvalue weighted by molar-refractivity contribution is 0.871. The fourth-order valence-corrected chi connectivity index (χ4v) is 1.75. The average molecular weight is 214 g/mol. The summed E-state index contributed by atoms with van der Waals surface area (Å²) in [6, 6.07) is 5.10. The number of aromatic nitrogens is 3. The highest BCUT2D eigenvalue weighted by molar-refractivity contribution is 5.44. The zero-order valence-corrected chi connectivity index (χ0v) is 8.98. The van der Waals surface area contributed by atoms with Gasteiger partial charge in [0.1, 0.15) is 11.6 Å². The van der Waals surface area contributed by atoms with Crippen LogP contribution < -0.4 is 5.43 Å². The Morgan fingerprint density at radius 3 is 2.56 bits per heavy atom. The lowest BCUT2D eigenvalue weighted by Gasteiger charge is -2.11. The predicted octanol–water partition coefficient (Wildman–Crippen LogP) is 1.05. The standard InChI is InChI=1S/C11H10N4O/c1-7-3-10(16)4-8(2)15(7)11-9(5-12)6-13-14-11/h3-4,6H,1-2H3,(H,13,14). The van der Waals surface area contributed by atoms with Crippen LogP contribution in [-0.2, 0) is 0 Å². The lowest BCUT2D eigenvalue weighted by Crippen LogP contribution is -2.12. The van der Waals surface area contributed by atoms with Gasteiger partial charge in [0.25, 0.3) is 0 Å². The second-order valence-corrected chi connectivity index (χ2v) is 3.55. The Labute approximate surface area is 92.0 Å². The van der Waals surface area contributed by atoms with Gasteiger partial charge in [0.2, 0.25) is 0 Å². The molecule has 0 aliphatic heterocycles. The van der Waals surface area contributed by atoms with E-state index in [9.17, 15) is 4.79 Å². The van der Waals surface area contributed by atoms with Crippen molar-refractivity contribution in [2.24, 2.45) is 0 Å². The number of H-pyrrole nitrogens is 1. The number of nitriles is 1. The highest BCUT2D eigenvalue weighted by Gasteiger charge is 2.10. The predicted molar refractivity (Wildman–Crippen MR) is 58.4 cm³/mol. The minimum atomic E-state index is -0.0377. The molecule has 80 valence electrons. The highest BCUT2D eigenvalue weighted by Crippen LogP contribution is 2.14. The van der Waals surface area contributed by atoms with Gasteiger partial charge in [0.05, 0.1) is 6.20 Å². The highest BCUT2D eigenvalue weighted by atomic mass is 16.1. The molecular formula is C11H10N4O. The molecule has 1 N–H and O–H groups in total. The normalized spacial score (nSPS) is 10.1. The van der Waals surface area contributed by atoms with Gasteiger partial charge in [-0.25, -0.2) is 0 Å². The van der Waals surface area contributed by atoms with Crippen LogP contribution in [0.4, 0.5) is 0 Å². The van der Waals surface area contributed by atoms with Gasteiger partial charge >= 0.3 is 0 Å². The van der Waals surface area contributed by atoms with Gasteiger partial charge in [0.15, 0.2) is 11.2 Å². The number of aryl methyl sites for hydroxylation is 2. The quantitative estimate of drug-likeness (QED) is 0.770. The van der Waals surface area contributed by atoms with E-state index in [1.54, 1.807) is 4.57 Å². The SMILES string of the molecule is Cc1cc(=O)cc(C)n1-c1[nH]ncc1C#N. The Hall–Kier alpha value is -2.35. The molecule has 0 aromatic carbocycles. The molecule has 2 aromatic rings. The maximum atomic E-state index is 11.3. The van der Waals surface area contributed by atoms with Gasteiger partial charge in [-0.15, -0.1) is 0 Å². The minimum absolute atomic E-state index is 0.0377. The Balaban J connectivity index is 2.75. The number of rotatable bonds is 1. The molecule has 0 aliphatic rings. The van der Waals surface area contributed by atoms with Crippen molar-refractivity contribution < 1.29 is 0 Å². The van der Waals surface area contributed by atoms with Crippen LogP contribution >= 0.6 is 0 Å².